The fraction of sp³-hybridized carbons (Fsp3) is 0.462. The minimum atomic E-state index is -3.14. The molecule has 0 bridgehead atoms. The van der Waals surface area contributed by atoms with Gasteiger partial charge in [0.05, 0.1) is 12.8 Å². The number of piperazine rings is 1. The number of sulfonamides is 1. The van der Waals surface area contributed by atoms with Gasteiger partial charge >= 0.3 is 0 Å². The zero-order valence-electron chi connectivity index (χ0n) is 11.9. The second-order valence-corrected chi connectivity index (χ2v) is 7.09. The second kappa shape index (κ2) is 6.42. The molecule has 8 heteroatoms. The highest BCUT2D eigenvalue weighted by atomic mass is 32.2. The largest absolute Gasteiger partial charge is 0.399 e. The normalized spacial score (nSPS) is 17.6. The molecule has 0 aromatic heterocycles. The first-order valence-corrected chi connectivity index (χ1v) is 8.52. The average molecular weight is 312 g/mol. The zero-order chi connectivity index (χ0) is 15.5. The number of rotatable bonds is 4. The average Bonchev–Trinajstić information content (AvgIpc) is 2.41. The van der Waals surface area contributed by atoms with Crippen molar-refractivity contribution in [2.75, 3.05) is 50.0 Å². The van der Waals surface area contributed by atoms with Crippen molar-refractivity contribution in [2.45, 2.75) is 0 Å². The lowest BCUT2D eigenvalue weighted by Gasteiger charge is -2.32. The van der Waals surface area contributed by atoms with E-state index in [0.29, 0.717) is 37.6 Å². The Balaban J connectivity index is 1.80. The molecule has 21 heavy (non-hydrogen) atoms. The van der Waals surface area contributed by atoms with E-state index in [1.807, 2.05) is 4.90 Å². The molecule has 3 N–H and O–H groups in total. The van der Waals surface area contributed by atoms with Crippen molar-refractivity contribution in [3.05, 3.63) is 24.3 Å². The van der Waals surface area contributed by atoms with E-state index in [1.54, 1.807) is 24.3 Å². The topological polar surface area (TPSA) is 95.7 Å². The third-order valence-electron chi connectivity index (χ3n) is 3.36. The van der Waals surface area contributed by atoms with Crippen LogP contribution in [0.15, 0.2) is 24.3 Å². The summed E-state index contributed by atoms with van der Waals surface area (Å²) in [5.41, 5.74) is 6.92. The molecule has 7 nitrogen and oxygen atoms in total. The molecule has 1 fully saturated rings. The van der Waals surface area contributed by atoms with Crippen LogP contribution in [-0.2, 0) is 14.8 Å². The van der Waals surface area contributed by atoms with E-state index >= 15 is 0 Å². The summed E-state index contributed by atoms with van der Waals surface area (Å²) in [6.45, 7) is 2.22. The molecular weight excluding hydrogens is 292 g/mol. The van der Waals surface area contributed by atoms with Gasteiger partial charge in [-0.3, -0.25) is 9.69 Å². The van der Waals surface area contributed by atoms with E-state index < -0.39 is 10.0 Å². The molecule has 0 aliphatic carbocycles. The minimum Gasteiger partial charge on any atom is -0.399 e. The predicted molar refractivity (Wildman–Crippen MR) is 82.3 cm³/mol. The molecule has 0 saturated carbocycles. The van der Waals surface area contributed by atoms with E-state index in [1.165, 1.54) is 10.6 Å². The van der Waals surface area contributed by atoms with Gasteiger partial charge < -0.3 is 11.1 Å². The van der Waals surface area contributed by atoms with E-state index in [2.05, 4.69) is 5.32 Å². The highest BCUT2D eigenvalue weighted by Gasteiger charge is 2.24. The van der Waals surface area contributed by atoms with Crippen molar-refractivity contribution in [3.63, 3.8) is 0 Å². The predicted octanol–water partition coefficient (Wildman–Crippen LogP) is -0.215. The highest BCUT2D eigenvalue weighted by molar-refractivity contribution is 7.88. The first kappa shape index (κ1) is 15.7. The van der Waals surface area contributed by atoms with Crippen LogP contribution in [0.1, 0.15) is 0 Å². The van der Waals surface area contributed by atoms with Crippen LogP contribution in [0.25, 0.3) is 0 Å². The van der Waals surface area contributed by atoms with Crippen molar-refractivity contribution < 1.29 is 13.2 Å². The zero-order valence-corrected chi connectivity index (χ0v) is 12.8. The molecule has 1 aliphatic heterocycles. The number of hydrogen-bond acceptors (Lipinski definition) is 5. The molecule has 0 atom stereocenters. The molecule has 2 rings (SSSR count). The second-order valence-electron chi connectivity index (χ2n) is 5.11. The van der Waals surface area contributed by atoms with Gasteiger partial charge in [-0.2, -0.15) is 4.31 Å². The number of carbonyl (C=O) groups is 1. The lowest BCUT2D eigenvalue weighted by atomic mass is 10.3. The Bertz CT molecular complexity index is 592. The van der Waals surface area contributed by atoms with Crippen LogP contribution < -0.4 is 11.1 Å². The van der Waals surface area contributed by atoms with E-state index in [0.717, 1.165) is 0 Å². The maximum absolute atomic E-state index is 11.9. The van der Waals surface area contributed by atoms with Crippen molar-refractivity contribution in [2.24, 2.45) is 0 Å². The molecule has 0 unspecified atom stereocenters. The third kappa shape index (κ3) is 4.69. The molecule has 1 aliphatic rings. The van der Waals surface area contributed by atoms with Crippen LogP contribution in [0.4, 0.5) is 11.4 Å². The number of anilines is 2. The van der Waals surface area contributed by atoms with E-state index in [4.69, 9.17) is 5.73 Å². The number of amides is 1. The summed E-state index contributed by atoms with van der Waals surface area (Å²) in [4.78, 5) is 13.9. The molecule has 1 aromatic carbocycles. The van der Waals surface area contributed by atoms with Gasteiger partial charge in [0.2, 0.25) is 15.9 Å². The van der Waals surface area contributed by atoms with Gasteiger partial charge in [-0.05, 0) is 24.3 Å². The highest BCUT2D eigenvalue weighted by Crippen LogP contribution is 2.11. The van der Waals surface area contributed by atoms with Crippen LogP contribution in [0.2, 0.25) is 0 Å². The van der Waals surface area contributed by atoms with Crippen LogP contribution >= 0.6 is 0 Å². The summed E-state index contributed by atoms with van der Waals surface area (Å²) in [6, 6.07) is 6.94. The number of nitrogens with two attached hydrogens (primary N) is 1. The molecule has 1 saturated heterocycles. The minimum absolute atomic E-state index is 0.118. The summed E-state index contributed by atoms with van der Waals surface area (Å²) in [5, 5.41) is 2.79. The first-order chi connectivity index (χ1) is 9.84. The lowest BCUT2D eigenvalue weighted by molar-refractivity contribution is -0.117. The van der Waals surface area contributed by atoms with Crippen LogP contribution in [0.3, 0.4) is 0 Å². The lowest BCUT2D eigenvalue weighted by Crippen LogP contribution is -2.50. The molecule has 116 valence electrons. The maximum atomic E-state index is 11.9. The van der Waals surface area contributed by atoms with Crippen LogP contribution in [-0.4, -0.2) is 62.5 Å². The fourth-order valence-corrected chi connectivity index (χ4v) is 3.02. The van der Waals surface area contributed by atoms with Gasteiger partial charge in [0, 0.05) is 37.6 Å². The molecular formula is C13H20N4O3S. The standard InChI is InChI=1S/C13H20N4O3S/c1-21(19,20)17-8-6-16(7-9-17)10-13(18)15-12-4-2-11(14)3-5-12/h2-5H,6-10,14H2,1H3,(H,15,18). The summed E-state index contributed by atoms with van der Waals surface area (Å²) >= 11 is 0. The Morgan fingerprint density at radius 2 is 1.76 bits per heavy atom. The van der Waals surface area contributed by atoms with Gasteiger partial charge in [-0.1, -0.05) is 0 Å². The van der Waals surface area contributed by atoms with Crippen molar-refractivity contribution >= 4 is 27.3 Å². The summed E-state index contributed by atoms with van der Waals surface area (Å²) in [5.74, 6) is -0.118. The number of nitrogen functional groups attached to an aromatic ring is 1. The number of nitrogens with one attached hydrogen (secondary N) is 1. The first-order valence-electron chi connectivity index (χ1n) is 6.67. The Kier molecular flexibility index (Phi) is 4.81. The van der Waals surface area contributed by atoms with Gasteiger partial charge in [0.15, 0.2) is 0 Å². The van der Waals surface area contributed by atoms with Gasteiger partial charge in [-0.15, -0.1) is 0 Å². The third-order valence-corrected chi connectivity index (χ3v) is 4.67. The molecule has 1 heterocycles. The summed E-state index contributed by atoms with van der Waals surface area (Å²) in [6.07, 6.45) is 1.20. The summed E-state index contributed by atoms with van der Waals surface area (Å²) in [7, 11) is -3.14. The monoisotopic (exact) mass is 312 g/mol. The fourth-order valence-electron chi connectivity index (χ4n) is 2.19. The molecule has 1 aromatic rings. The van der Waals surface area contributed by atoms with Crippen LogP contribution in [0.5, 0.6) is 0 Å². The Labute approximate surface area is 124 Å². The number of hydrogen-bond donors (Lipinski definition) is 2. The van der Waals surface area contributed by atoms with Gasteiger partial charge in [0.1, 0.15) is 0 Å². The molecule has 0 spiro atoms. The van der Waals surface area contributed by atoms with E-state index in [-0.39, 0.29) is 12.5 Å². The SMILES string of the molecule is CS(=O)(=O)N1CCN(CC(=O)Nc2ccc(N)cc2)CC1. The van der Waals surface area contributed by atoms with Gasteiger partial charge in [0.25, 0.3) is 0 Å². The number of nitrogens with zero attached hydrogens (tertiary/aromatic N) is 2. The molecule has 0 radical (unpaired) electrons. The maximum Gasteiger partial charge on any atom is 0.238 e. The quantitative estimate of drug-likeness (QED) is 0.750. The Morgan fingerprint density at radius 1 is 1.19 bits per heavy atom. The van der Waals surface area contributed by atoms with Crippen molar-refractivity contribution in [1.82, 2.24) is 9.21 Å². The van der Waals surface area contributed by atoms with Gasteiger partial charge in [-0.25, -0.2) is 8.42 Å². The van der Waals surface area contributed by atoms with E-state index in [9.17, 15) is 13.2 Å². The number of benzene rings is 1. The smallest absolute Gasteiger partial charge is 0.238 e. The Morgan fingerprint density at radius 3 is 2.29 bits per heavy atom. The van der Waals surface area contributed by atoms with Crippen molar-refractivity contribution in [3.8, 4) is 0 Å². The van der Waals surface area contributed by atoms with Crippen LogP contribution in [0, 0.1) is 0 Å². The molecule has 1 amide bonds. The van der Waals surface area contributed by atoms with Crippen molar-refractivity contribution in [1.29, 1.82) is 0 Å². The Hall–Kier alpha value is -1.64. The number of carbonyl (C=O) groups excluding carboxylic acids is 1. The summed E-state index contributed by atoms with van der Waals surface area (Å²) < 4.78 is 24.2.